The molecule has 0 spiro atoms. The van der Waals surface area contributed by atoms with Crippen molar-refractivity contribution < 1.29 is 53.2 Å². The van der Waals surface area contributed by atoms with E-state index >= 15 is 0 Å². The summed E-state index contributed by atoms with van der Waals surface area (Å²) in [5, 5.41) is 27.3. The summed E-state index contributed by atoms with van der Waals surface area (Å²) < 4.78 is 25.2. The Kier molecular flexibility index (Phi) is 11.2. The minimum Gasteiger partial charge on any atom is -0.508 e. The first-order chi connectivity index (χ1) is 27.8. The number of aliphatic hydroxyl groups excluding tert-OH is 1. The van der Waals surface area contributed by atoms with Crippen molar-refractivity contribution in [2.45, 2.75) is 133 Å². The Hall–Kier alpha value is -4.34. The van der Waals surface area contributed by atoms with E-state index in [9.17, 15) is 29.4 Å². The first kappa shape index (κ1) is 40.4. The van der Waals surface area contributed by atoms with Crippen LogP contribution in [0, 0.1) is 17.3 Å². The molecule has 8 rings (SSSR count). The van der Waals surface area contributed by atoms with Crippen LogP contribution >= 0.6 is 0 Å². The lowest BCUT2D eigenvalue weighted by Gasteiger charge is -2.48. The van der Waals surface area contributed by atoms with Crippen LogP contribution in [0.15, 0.2) is 54.6 Å². The second-order valence-corrected chi connectivity index (χ2v) is 17.7. The number of allylic oxidation sites excluding steroid dienone is 1. The third-order valence-electron chi connectivity index (χ3n) is 12.2. The SMILES string of the molecule is CC(C)(C)OC(=O)CC[C@@H](CO)NC(=O)CCNC(=O)[C@@]12C[C@H]3OC(=O)[C@@H]1N(Cc1cccc(C=CCc4ccccc4O)c1)O[C@@H]2[C@H]1OC(C2CC2)(C2CC2)O[C@H]13. The fraction of sp³-hybridized carbons (Fsp3) is 0.591. The van der Waals surface area contributed by atoms with Gasteiger partial charge in [-0.15, -0.1) is 0 Å². The molecular weight excluding hydrogens is 746 g/mol. The van der Waals surface area contributed by atoms with E-state index in [1.165, 1.54) is 0 Å². The first-order valence-corrected chi connectivity index (χ1v) is 20.7. The smallest absolute Gasteiger partial charge is 0.327 e. The Morgan fingerprint density at radius 3 is 2.47 bits per heavy atom. The second kappa shape index (κ2) is 16.0. The molecule has 58 heavy (non-hydrogen) atoms. The summed E-state index contributed by atoms with van der Waals surface area (Å²) in [5.74, 6) is -1.90. The number of esters is 2. The van der Waals surface area contributed by atoms with E-state index in [2.05, 4.69) is 10.6 Å². The van der Waals surface area contributed by atoms with Gasteiger partial charge in [0.25, 0.3) is 0 Å². The molecule has 2 amide bonds. The maximum Gasteiger partial charge on any atom is 0.327 e. The molecule has 14 heteroatoms. The Balaban J connectivity index is 0.984. The molecule has 3 aliphatic heterocycles. The number of ether oxygens (including phenoxy) is 4. The molecule has 0 aromatic heterocycles. The van der Waals surface area contributed by atoms with Gasteiger partial charge >= 0.3 is 11.9 Å². The Morgan fingerprint density at radius 1 is 1.02 bits per heavy atom. The first-order valence-electron chi connectivity index (χ1n) is 20.7. The number of hydroxylamine groups is 2. The molecular formula is C44H55N3O11. The third-order valence-corrected chi connectivity index (χ3v) is 12.2. The highest BCUT2D eigenvalue weighted by Crippen LogP contribution is 2.63. The zero-order valence-corrected chi connectivity index (χ0v) is 33.4. The van der Waals surface area contributed by atoms with Crippen LogP contribution in [0.3, 0.4) is 0 Å². The number of benzene rings is 2. The van der Waals surface area contributed by atoms with Crippen molar-refractivity contribution in [2.24, 2.45) is 17.3 Å². The van der Waals surface area contributed by atoms with E-state index < -0.39 is 77.1 Å². The van der Waals surface area contributed by atoms with Crippen LogP contribution < -0.4 is 10.6 Å². The number of carbonyl (C=O) groups is 4. The van der Waals surface area contributed by atoms with Gasteiger partial charge in [0.05, 0.1) is 19.2 Å². The van der Waals surface area contributed by atoms with Crippen molar-refractivity contribution in [2.75, 3.05) is 13.2 Å². The summed E-state index contributed by atoms with van der Waals surface area (Å²) in [7, 11) is 0. The zero-order valence-electron chi connectivity index (χ0n) is 33.4. The van der Waals surface area contributed by atoms with E-state index in [0.717, 1.165) is 42.4 Å². The lowest BCUT2D eigenvalue weighted by atomic mass is 9.62. The lowest BCUT2D eigenvalue weighted by Crippen LogP contribution is -2.69. The highest BCUT2D eigenvalue weighted by atomic mass is 16.8. The molecule has 7 atom stereocenters. The van der Waals surface area contributed by atoms with E-state index in [-0.39, 0.29) is 63.0 Å². The summed E-state index contributed by atoms with van der Waals surface area (Å²) >= 11 is 0. The predicted octanol–water partition coefficient (Wildman–Crippen LogP) is 3.85. The van der Waals surface area contributed by atoms with Crippen LogP contribution in [0.1, 0.15) is 88.8 Å². The minimum absolute atomic E-state index is 0.0238. The van der Waals surface area contributed by atoms with Crippen molar-refractivity contribution in [1.29, 1.82) is 0 Å². The van der Waals surface area contributed by atoms with Gasteiger partial charge < -0.3 is 39.8 Å². The van der Waals surface area contributed by atoms with Crippen LogP contribution in [-0.4, -0.2) is 100 Å². The number of hydrogen-bond acceptors (Lipinski definition) is 12. The van der Waals surface area contributed by atoms with Gasteiger partial charge in [-0.05, 0) is 82.1 Å². The number of rotatable bonds is 16. The number of aliphatic hydroxyl groups is 1. The molecule has 4 N–H and O–H groups in total. The molecule has 14 nitrogen and oxygen atoms in total. The molecule has 3 heterocycles. The number of phenolic OH excluding ortho intramolecular Hbond substituents is 1. The summed E-state index contributed by atoms with van der Waals surface area (Å²) in [6.45, 7) is 5.09. The summed E-state index contributed by atoms with van der Waals surface area (Å²) in [4.78, 5) is 60.7. The molecule has 3 aliphatic carbocycles. The highest BCUT2D eigenvalue weighted by molar-refractivity contribution is 5.94. The van der Waals surface area contributed by atoms with Gasteiger partial charge in [-0.3, -0.25) is 24.0 Å². The van der Waals surface area contributed by atoms with Crippen molar-refractivity contribution in [3.63, 3.8) is 0 Å². The molecule has 0 radical (unpaired) electrons. The molecule has 3 saturated heterocycles. The molecule has 2 bridgehead atoms. The Labute approximate surface area is 338 Å². The van der Waals surface area contributed by atoms with Crippen molar-refractivity contribution >= 4 is 29.8 Å². The van der Waals surface area contributed by atoms with E-state index in [1.54, 1.807) is 38.0 Å². The number of fused-ring (bicyclic) bond motifs is 4. The van der Waals surface area contributed by atoms with E-state index in [4.69, 9.17) is 23.8 Å². The molecule has 2 aromatic carbocycles. The predicted molar refractivity (Wildman–Crippen MR) is 208 cm³/mol. The summed E-state index contributed by atoms with van der Waals surface area (Å²) in [6.07, 6.45) is 5.93. The van der Waals surface area contributed by atoms with Crippen LogP contribution in [-0.2, 0) is 55.9 Å². The van der Waals surface area contributed by atoms with E-state index in [0.29, 0.717) is 6.42 Å². The standard InChI is InChI=1S/C44H55N3O11/c1-42(2,3)55-35(51)19-18-31(25-48)46-34(50)20-21-45-41(53)43-23-33-36-37(57-44(56-36,29-14-15-29)30-16-17-30)39(43)58-47(38(43)40(52)54-33)24-27-10-6-8-26(22-27)9-7-12-28-11-4-5-13-32(28)49/h4-11,13,22,29-31,33,36-39,48-49H,12,14-21,23-25H2,1-3H3,(H,45,53)(H,46,50)/t31-,33+,36-,37-,38-,39+,43-/m0/s1. The van der Waals surface area contributed by atoms with Crippen molar-refractivity contribution in [3.8, 4) is 5.75 Å². The Morgan fingerprint density at radius 2 is 1.76 bits per heavy atom. The monoisotopic (exact) mass is 801 g/mol. The van der Waals surface area contributed by atoms with Gasteiger partial charge in [0.15, 0.2) is 11.8 Å². The topological polar surface area (TPSA) is 182 Å². The van der Waals surface area contributed by atoms with Crippen LogP contribution in [0.25, 0.3) is 6.08 Å². The highest BCUT2D eigenvalue weighted by Gasteiger charge is 2.78. The van der Waals surface area contributed by atoms with Gasteiger partial charge in [0.2, 0.25) is 11.8 Å². The van der Waals surface area contributed by atoms with Gasteiger partial charge in [0.1, 0.15) is 41.2 Å². The average Bonchev–Trinajstić information content (AvgIpc) is 4.13. The third kappa shape index (κ3) is 8.14. The van der Waals surface area contributed by atoms with E-state index in [1.807, 2.05) is 48.6 Å². The van der Waals surface area contributed by atoms with Crippen LogP contribution in [0.2, 0.25) is 0 Å². The number of hydrogen-bond donors (Lipinski definition) is 4. The minimum atomic E-state index is -1.39. The molecule has 6 fully saturated rings. The maximum absolute atomic E-state index is 14.7. The fourth-order valence-electron chi connectivity index (χ4n) is 9.29. The fourth-order valence-corrected chi connectivity index (χ4v) is 9.29. The normalized spacial score (nSPS) is 29.1. The Bertz CT molecular complexity index is 1910. The zero-order chi connectivity index (χ0) is 40.8. The van der Waals surface area contributed by atoms with Crippen LogP contribution in [0.4, 0.5) is 0 Å². The summed E-state index contributed by atoms with van der Waals surface area (Å²) in [6, 6.07) is 13.3. The number of para-hydroxylation sites is 1. The quantitative estimate of drug-likeness (QED) is 0.180. The van der Waals surface area contributed by atoms with Crippen molar-refractivity contribution in [1.82, 2.24) is 15.7 Å². The lowest BCUT2D eigenvalue weighted by molar-refractivity contribution is -0.235. The molecule has 312 valence electrons. The molecule has 2 aromatic rings. The molecule has 6 aliphatic rings. The number of amides is 2. The molecule has 0 unspecified atom stereocenters. The van der Waals surface area contributed by atoms with Gasteiger partial charge in [-0.25, -0.2) is 0 Å². The number of carbonyl (C=O) groups excluding carboxylic acids is 4. The number of aromatic hydroxyl groups is 1. The average molecular weight is 802 g/mol. The largest absolute Gasteiger partial charge is 0.508 e. The number of phenols is 1. The van der Waals surface area contributed by atoms with Crippen molar-refractivity contribution in [3.05, 3.63) is 71.3 Å². The summed E-state index contributed by atoms with van der Waals surface area (Å²) in [5.41, 5.74) is 0.549. The van der Waals surface area contributed by atoms with Gasteiger partial charge in [-0.2, -0.15) is 5.06 Å². The second-order valence-electron chi connectivity index (χ2n) is 17.7. The maximum atomic E-state index is 14.7. The van der Waals surface area contributed by atoms with Gasteiger partial charge in [0, 0.05) is 37.6 Å². The number of nitrogens with one attached hydrogen (secondary N) is 2. The molecule has 3 saturated carbocycles. The number of nitrogens with zero attached hydrogens (tertiary/aromatic N) is 1. The van der Waals surface area contributed by atoms with Crippen LogP contribution in [0.5, 0.6) is 5.75 Å². The van der Waals surface area contributed by atoms with Gasteiger partial charge in [-0.1, -0.05) is 54.6 Å².